The molecule has 0 bridgehead atoms. The second-order valence-electron chi connectivity index (χ2n) is 3.96. The maximum absolute atomic E-state index is 12.9. The Balaban J connectivity index is 2.30. The van der Waals surface area contributed by atoms with E-state index < -0.39 is 11.7 Å². The van der Waals surface area contributed by atoms with Crippen molar-refractivity contribution in [2.24, 2.45) is 0 Å². The van der Waals surface area contributed by atoms with Gasteiger partial charge in [-0.25, -0.2) is 0 Å². The summed E-state index contributed by atoms with van der Waals surface area (Å²) in [5, 5.41) is 2.90. The zero-order valence-corrected chi connectivity index (χ0v) is 11.4. The number of benzene rings is 1. The lowest BCUT2D eigenvalue weighted by Gasteiger charge is -2.18. The summed E-state index contributed by atoms with van der Waals surface area (Å²) in [7, 11) is 0. The van der Waals surface area contributed by atoms with Crippen molar-refractivity contribution in [2.45, 2.75) is 19.1 Å². The van der Waals surface area contributed by atoms with E-state index in [2.05, 4.69) is 10.3 Å². The first-order valence-corrected chi connectivity index (χ1v) is 6.65. The lowest BCUT2D eigenvalue weighted by atomic mass is 10.1. The van der Waals surface area contributed by atoms with E-state index in [-0.39, 0.29) is 16.8 Å². The van der Waals surface area contributed by atoms with E-state index in [4.69, 9.17) is 11.6 Å². The van der Waals surface area contributed by atoms with Crippen LogP contribution in [0.4, 0.5) is 18.9 Å². The van der Waals surface area contributed by atoms with Crippen LogP contribution in [0.2, 0.25) is 5.02 Å². The molecular formula is C12H10ClF3N2S. The highest BCUT2D eigenvalue weighted by atomic mass is 35.5. The summed E-state index contributed by atoms with van der Waals surface area (Å²) in [5.41, 5.74) is 0.884. The zero-order valence-electron chi connectivity index (χ0n) is 9.83. The summed E-state index contributed by atoms with van der Waals surface area (Å²) < 4.78 is 38.7. The highest BCUT2D eigenvalue weighted by Gasteiger charge is 2.34. The lowest BCUT2D eigenvalue weighted by Crippen LogP contribution is -2.13. The molecule has 1 atom stereocenters. The van der Waals surface area contributed by atoms with Crippen molar-refractivity contribution in [1.29, 1.82) is 0 Å². The highest BCUT2D eigenvalue weighted by molar-refractivity contribution is 7.09. The quantitative estimate of drug-likeness (QED) is 0.864. The minimum absolute atomic E-state index is 0.0119. The van der Waals surface area contributed by atoms with Crippen molar-refractivity contribution in [3.8, 4) is 0 Å². The number of hydrogen-bond acceptors (Lipinski definition) is 3. The van der Waals surface area contributed by atoms with Crippen molar-refractivity contribution in [3.63, 3.8) is 0 Å². The molecule has 0 saturated carbocycles. The van der Waals surface area contributed by atoms with Gasteiger partial charge in [-0.2, -0.15) is 13.2 Å². The van der Waals surface area contributed by atoms with E-state index >= 15 is 0 Å². The van der Waals surface area contributed by atoms with Gasteiger partial charge in [0.25, 0.3) is 0 Å². The first kappa shape index (κ1) is 14.1. The molecule has 0 aliphatic carbocycles. The molecule has 0 radical (unpaired) electrons. The minimum atomic E-state index is -4.44. The Kier molecular flexibility index (Phi) is 4.01. The van der Waals surface area contributed by atoms with Gasteiger partial charge in [0.2, 0.25) is 0 Å². The van der Waals surface area contributed by atoms with Gasteiger partial charge in [-0.1, -0.05) is 11.6 Å². The normalized spacial score (nSPS) is 13.3. The van der Waals surface area contributed by atoms with Gasteiger partial charge >= 0.3 is 6.18 Å². The Morgan fingerprint density at radius 3 is 2.68 bits per heavy atom. The Labute approximate surface area is 117 Å². The first-order valence-electron chi connectivity index (χ1n) is 5.39. The van der Waals surface area contributed by atoms with E-state index in [1.807, 2.05) is 0 Å². The molecule has 1 aromatic heterocycles. The van der Waals surface area contributed by atoms with Crippen LogP contribution in [0.25, 0.3) is 0 Å². The summed E-state index contributed by atoms with van der Waals surface area (Å²) >= 11 is 7.01. The lowest BCUT2D eigenvalue weighted by molar-refractivity contribution is -0.137. The molecule has 1 N–H and O–H groups in total. The van der Waals surface area contributed by atoms with E-state index in [9.17, 15) is 13.2 Å². The van der Waals surface area contributed by atoms with Crippen LogP contribution in [0.1, 0.15) is 23.4 Å². The molecule has 1 aromatic carbocycles. The Hall–Kier alpha value is -1.27. The van der Waals surface area contributed by atoms with Crippen LogP contribution < -0.4 is 5.32 Å². The third-order valence-corrected chi connectivity index (χ3v) is 3.73. The number of rotatable bonds is 3. The molecule has 0 aliphatic heterocycles. The molecule has 0 spiro atoms. The number of alkyl halides is 3. The van der Waals surface area contributed by atoms with Gasteiger partial charge in [0.15, 0.2) is 0 Å². The number of nitrogens with one attached hydrogen (secondary N) is 1. The number of anilines is 1. The van der Waals surface area contributed by atoms with Crippen molar-refractivity contribution >= 4 is 28.6 Å². The fourth-order valence-electron chi connectivity index (χ4n) is 1.62. The van der Waals surface area contributed by atoms with Crippen LogP contribution in [-0.4, -0.2) is 4.98 Å². The Morgan fingerprint density at radius 2 is 2.11 bits per heavy atom. The molecule has 1 unspecified atom stereocenters. The molecule has 0 saturated heterocycles. The average Bonchev–Trinajstić information content (AvgIpc) is 2.83. The average molecular weight is 307 g/mol. The van der Waals surface area contributed by atoms with Crippen molar-refractivity contribution < 1.29 is 13.2 Å². The second-order valence-corrected chi connectivity index (χ2v) is 5.31. The fourth-order valence-corrected chi connectivity index (χ4v) is 2.42. The summed E-state index contributed by atoms with van der Waals surface area (Å²) in [6.45, 7) is 1.78. The molecule has 0 amide bonds. The standard InChI is InChI=1S/C12H10ClF3N2S/c1-7(11-5-17-6-19-11)18-10-3-2-8(13)4-9(10)12(14,15)16/h2-7,18H,1H3. The second kappa shape index (κ2) is 5.38. The molecule has 1 heterocycles. The first-order chi connectivity index (χ1) is 8.88. The monoisotopic (exact) mass is 306 g/mol. The molecule has 0 aliphatic rings. The van der Waals surface area contributed by atoms with Crippen LogP contribution >= 0.6 is 22.9 Å². The summed E-state index contributed by atoms with van der Waals surface area (Å²) in [5.74, 6) is 0. The number of thiazole rings is 1. The van der Waals surface area contributed by atoms with Crippen LogP contribution in [-0.2, 0) is 6.18 Å². The van der Waals surface area contributed by atoms with Crippen LogP contribution in [0.3, 0.4) is 0 Å². The van der Waals surface area contributed by atoms with Gasteiger partial charge < -0.3 is 5.32 Å². The molecule has 7 heteroatoms. The van der Waals surface area contributed by atoms with E-state index in [0.29, 0.717) is 0 Å². The van der Waals surface area contributed by atoms with Gasteiger partial charge in [0.05, 0.1) is 17.1 Å². The van der Waals surface area contributed by atoms with E-state index in [0.717, 1.165) is 10.9 Å². The fraction of sp³-hybridized carbons (Fsp3) is 0.250. The SMILES string of the molecule is CC(Nc1ccc(Cl)cc1C(F)(F)F)c1cncs1. The molecule has 2 rings (SSSR count). The summed E-state index contributed by atoms with van der Waals surface area (Å²) in [6.07, 6.45) is -2.81. The highest BCUT2D eigenvalue weighted by Crippen LogP contribution is 2.37. The van der Waals surface area contributed by atoms with Crippen molar-refractivity contribution in [1.82, 2.24) is 4.98 Å². The summed E-state index contributed by atoms with van der Waals surface area (Å²) in [6, 6.07) is 3.43. The van der Waals surface area contributed by atoms with Gasteiger partial charge in [-0.3, -0.25) is 4.98 Å². The topological polar surface area (TPSA) is 24.9 Å². The molecule has 102 valence electrons. The third kappa shape index (κ3) is 3.39. The minimum Gasteiger partial charge on any atom is -0.377 e. The zero-order chi connectivity index (χ0) is 14.0. The van der Waals surface area contributed by atoms with Crippen molar-refractivity contribution in [2.75, 3.05) is 5.32 Å². The molecule has 19 heavy (non-hydrogen) atoms. The number of nitrogens with zero attached hydrogens (tertiary/aromatic N) is 1. The van der Waals surface area contributed by atoms with E-state index in [1.54, 1.807) is 18.6 Å². The summed E-state index contributed by atoms with van der Waals surface area (Å²) in [4.78, 5) is 4.77. The Morgan fingerprint density at radius 1 is 1.37 bits per heavy atom. The number of hydrogen-bond donors (Lipinski definition) is 1. The number of aromatic nitrogens is 1. The van der Waals surface area contributed by atoms with Crippen LogP contribution in [0.5, 0.6) is 0 Å². The van der Waals surface area contributed by atoms with Crippen LogP contribution in [0.15, 0.2) is 29.9 Å². The molecule has 2 aromatic rings. The number of halogens is 4. The van der Waals surface area contributed by atoms with Gasteiger partial charge in [0.1, 0.15) is 0 Å². The predicted molar refractivity (Wildman–Crippen MR) is 70.6 cm³/mol. The van der Waals surface area contributed by atoms with Gasteiger partial charge in [-0.15, -0.1) is 11.3 Å². The van der Waals surface area contributed by atoms with E-state index in [1.165, 1.54) is 23.5 Å². The molecule has 2 nitrogen and oxygen atoms in total. The molecule has 0 fully saturated rings. The largest absolute Gasteiger partial charge is 0.418 e. The smallest absolute Gasteiger partial charge is 0.377 e. The predicted octanol–water partition coefficient (Wildman–Crippen LogP) is 4.99. The third-order valence-electron chi connectivity index (χ3n) is 2.54. The van der Waals surface area contributed by atoms with Gasteiger partial charge in [0, 0.05) is 21.8 Å². The molecular weight excluding hydrogens is 297 g/mol. The Bertz CT molecular complexity index is 555. The van der Waals surface area contributed by atoms with Gasteiger partial charge in [-0.05, 0) is 25.1 Å². The van der Waals surface area contributed by atoms with Crippen molar-refractivity contribution in [3.05, 3.63) is 45.4 Å². The van der Waals surface area contributed by atoms with Crippen LogP contribution in [0, 0.1) is 0 Å². The maximum Gasteiger partial charge on any atom is 0.418 e. The maximum atomic E-state index is 12.9.